The van der Waals surface area contributed by atoms with Crippen LogP contribution in [0.25, 0.3) is 0 Å². The Kier molecular flexibility index (Phi) is 4.37. The predicted molar refractivity (Wildman–Crippen MR) is 87.7 cm³/mol. The Morgan fingerprint density at radius 3 is 2.79 bits per heavy atom. The number of ether oxygens (including phenoxy) is 2. The fourth-order valence-electron chi connectivity index (χ4n) is 4.05. The van der Waals surface area contributed by atoms with Crippen molar-refractivity contribution in [3.8, 4) is 0 Å². The number of morpholine rings is 1. The van der Waals surface area contributed by atoms with Gasteiger partial charge in [0, 0.05) is 44.0 Å². The van der Waals surface area contributed by atoms with Crippen LogP contribution in [0.15, 0.2) is 18.5 Å². The van der Waals surface area contributed by atoms with Crippen molar-refractivity contribution >= 4 is 11.9 Å². The van der Waals surface area contributed by atoms with Crippen LogP contribution >= 0.6 is 0 Å². The topological polar surface area (TPSA) is 67.8 Å². The Morgan fingerprint density at radius 1 is 1.21 bits per heavy atom. The molecular formula is C17H24N4O3. The monoisotopic (exact) mass is 332 g/mol. The highest BCUT2D eigenvalue weighted by Crippen LogP contribution is 2.41. The van der Waals surface area contributed by atoms with Gasteiger partial charge in [-0.2, -0.15) is 0 Å². The molecule has 1 aromatic heterocycles. The predicted octanol–water partition coefficient (Wildman–Crippen LogP) is 0.711. The van der Waals surface area contributed by atoms with Crippen LogP contribution in [0.1, 0.15) is 19.3 Å². The van der Waals surface area contributed by atoms with Gasteiger partial charge in [-0.3, -0.25) is 4.79 Å². The van der Waals surface area contributed by atoms with E-state index in [1.807, 2.05) is 11.0 Å². The maximum atomic E-state index is 12.7. The van der Waals surface area contributed by atoms with Crippen LogP contribution in [0, 0.1) is 5.41 Å². The average Bonchev–Trinajstić information content (AvgIpc) is 3.06. The van der Waals surface area contributed by atoms with E-state index < -0.39 is 0 Å². The van der Waals surface area contributed by atoms with Gasteiger partial charge in [-0.15, -0.1) is 0 Å². The van der Waals surface area contributed by atoms with Gasteiger partial charge in [-0.1, -0.05) is 0 Å². The average molecular weight is 332 g/mol. The first-order chi connectivity index (χ1) is 11.8. The Labute approximate surface area is 142 Å². The van der Waals surface area contributed by atoms with Crippen LogP contribution in [0.5, 0.6) is 0 Å². The normalized spacial score (nSPS) is 30.8. The van der Waals surface area contributed by atoms with E-state index in [2.05, 4.69) is 14.9 Å². The highest BCUT2D eigenvalue weighted by Gasteiger charge is 2.46. The highest BCUT2D eigenvalue weighted by molar-refractivity contribution is 5.81. The largest absolute Gasteiger partial charge is 0.378 e. The number of rotatable bonds is 2. The van der Waals surface area contributed by atoms with Crippen molar-refractivity contribution in [2.24, 2.45) is 5.41 Å². The minimum absolute atomic E-state index is 0.0457. The molecule has 3 aliphatic rings. The Bertz CT molecular complexity index is 578. The molecule has 4 heterocycles. The third-order valence-corrected chi connectivity index (χ3v) is 5.30. The summed E-state index contributed by atoms with van der Waals surface area (Å²) in [6.45, 7) is 5.09. The molecular weight excluding hydrogens is 308 g/mol. The van der Waals surface area contributed by atoms with Gasteiger partial charge in [-0.05, 0) is 25.3 Å². The van der Waals surface area contributed by atoms with Crippen molar-refractivity contribution in [3.63, 3.8) is 0 Å². The van der Waals surface area contributed by atoms with Crippen molar-refractivity contribution in [2.75, 3.05) is 50.9 Å². The summed E-state index contributed by atoms with van der Waals surface area (Å²) in [5.41, 5.74) is 0.0457. The summed E-state index contributed by atoms with van der Waals surface area (Å²) in [6.07, 6.45) is 6.23. The van der Waals surface area contributed by atoms with E-state index in [0.717, 1.165) is 38.3 Å². The van der Waals surface area contributed by atoms with Crippen LogP contribution in [-0.4, -0.2) is 72.9 Å². The van der Waals surface area contributed by atoms with Gasteiger partial charge in [0.05, 0.1) is 19.8 Å². The smallest absolute Gasteiger partial charge is 0.251 e. The molecule has 0 aliphatic carbocycles. The number of anilines is 1. The Hall–Kier alpha value is -1.73. The van der Waals surface area contributed by atoms with E-state index in [9.17, 15) is 4.79 Å². The molecule has 7 heteroatoms. The van der Waals surface area contributed by atoms with Crippen molar-refractivity contribution < 1.29 is 14.3 Å². The highest BCUT2D eigenvalue weighted by atomic mass is 16.5. The Balaban J connectivity index is 1.42. The molecule has 3 aliphatic heterocycles. The third kappa shape index (κ3) is 3.10. The summed E-state index contributed by atoms with van der Waals surface area (Å²) in [4.78, 5) is 25.5. The molecule has 0 aromatic carbocycles. The van der Waals surface area contributed by atoms with Crippen molar-refractivity contribution in [2.45, 2.75) is 25.4 Å². The molecule has 3 saturated heterocycles. The summed E-state index contributed by atoms with van der Waals surface area (Å²) in [5.74, 6) is 0.905. The Morgan fingerprint density at radius 2 is 2.00 bits per heavy atom. The summed E-state index contributed by atoms with van der Waals surface area (Å²) in [6, 6.07) is 1.83. The van der Waals surface area contributed by atoms with Crippen LogP contribution < -0.4 is 4.90 Å². The van der Waals surface area contributed by atoms with Gasteiger partial charge in [0.2, 0.25) is 5.95 Å². The first-order valence-electron chi connectivity index (χ1n) is 8.76. The molecule has 7 nitrogen and oxygen atoms in total. The van der Waals surface area contributed by atoms with Crippen LogP contribution in [-0.2, 0) is 14.3 Å². The fraction of sp³-hybridized carbons (Fsp3) is 0.706. The van der Waals surface area contributed by atoms with Gasteiger partial charge >= 0.3 is 0 Å². The van der Waals surface area contributed by atoms with Crippen LogP contribution in [0.2, 0.25) is 0 Å². The first-order valence-corrected chi connectivity index (χ1v) is 8.76. The lowest BCUT2D eigenvalue weighted by molar-refractivity contribution is -0.144. The molecule has 4 rings (SSSR count). The fourth-order valence-corrected chi connectivity index (χ4v) is 4.05. The quantitative estimate of drug-likeness (QED) is 0.795. The van der Waals surface area contributed by atoms with Gasteiger partial charge in [0.15, 0.2) is 0 Å². The lowest BCUT2D eigenvalue weighted by Crippen LogP contribution is -2.47. The lowest BCUT2D eigenvalue weighted by atomic mass is 9.78. The first kappa shape index (κ1) is 15.8. The van der Waals surface area contributed by atoms with Crippen molar-refractivity contribution in [1.82, 2.24) is 14.9 Å². The SMILES string of the molecule is O=C([C@@H]1C[C@]2(CCCN(c3ncccn3)C2)CO1)N1CCOCC1. The molecule has 1 aromatic rings. The number of amides is 1. The number of nitrogens with zero attached hydrogens (tertiary/aromatic N) is 4. The van der Waals surface area contributed by atoms with E-state index in [-0.39, 0.29) is 17.4 Å². The van der Waals surface area contributed by atoms with E-state index in [4.69, 9.17) is 9.47 Å². The number of aromatic nitrogens is 2. The minimum Gasteiger partial charge on any atom is -0.378 e. The molecule has 0 N–H and O–H groups in total. The van der Waals surface area contributed by atoms with E-state index in [0.29, 0.717) is 32.9 Å². The minimum atomic E-state index is -0.306. The van der Waals surface area contributed by atoms with Gasteiger partial charge in [0.25, 0.3) is 5.91 Å². The second-order valence-electron chi connectivity index (χ2n) is 7.02. The zero-order valence-corrected chi connectivity index (χ0v) is 13.9. The molecule has 3 fully saturated rings. The molecule has 130 valence electrons. The number of hydrogen-bond acceptors (Lipinski definition) is 6. The molecule has 2 atom stereocenters. The van der Waals surface area contributed by atoms with E-state index >= 15 is 0 Å². The van der Waals surface area contributed by atoms with Gasteiger partial charge < -0.3 is 19.3 Å². The van der Waals surface area contributed by atoms with Crippen molar-refractivity contribution in [1.29, 1.82) is 0 Å². The molecule has 1 amide bonds. The third-order valence-electron chi connectivity index (χ3n) is 5.30. The molecule has 0 saturated carbocycles. The summed E-state index contributed by atoms with van der Waals surface area (Å²) < 4.78 is 11.3. The maximum Gasteiger partial charge on any atom is 0.251 e. The van der Waals surface area contributed by atoms with E-state index in [1.165, 1.54) is 0 Å². The molecule has 24 heavy (non-hydrogen) atoms. The number of carbonyl (C=O) groups is 1. The maximum absolute atomic E-state index is 12.7. The number of piperidine rings is 1. The van der Waals surface area contributed by atoms with Crippen molar-refractivity contribution in [3.05, 3.63) is 18.5 Å². The van der Waals surface area contributed by atoms with Crippen LogP contribution in [0.4, 0.5) is 5.95 Å². The zero-order chi connectivity index (χ0) is 16.4. The van der Waals surface area contributed by atoms with Gasteiger partial charge in [0.1, 0.15) is 6.10 Å². The number of hydrogen-bond donors (Lipinski definition) is 0. The number of carbonyl (C=O) groups excluding carboxylic acids is 1. The molecule has 1 spiro atoms. The standard InChI is InChI=1S/C17H24N4O3/c22-15(20-7-9-23-10-8-20)14-11-17(13-24-14)3-1-6-21(12-17)16-18-4-2-5-19-16/h2,4-5,14H,1,3,6-13H2/t14-,17-/m0/s1. The summed E-state index contributed by atoms with van der Waals surface area (Å²) in [5, 5.41) is 0. The second-order valence-corrected chi connectivity index (χ2v) is 7.02. The van der Waals surface area contributed by atoms with E-state index in [1.54, 1.807) is 12.4 Å². The summed E-state index contributed by atoms with van der Waals surface area (Å²) >= 11 is 0. The second kappa shape index (κ2) is 6.64. The molecule has 0 radical (unpaired) electrons. The lowest BCUT2D eigenvalue weighted by Gasteiger charge is -2.39. The van der Waals surface area contributed by atoms with Gasteiger partial charge in [-0.25, -0.2) is 9.97 Å². The zero-order valence-electron chi connectivity index (χ0n) is 13.9. The summed E-state index contributed by atoms with van der Waals surface area (Å²) in [7, 11) is 0. The van der Waals surface area contributed by atoms with Crippen LogP contribution in [0.3, 0.4) is 0 Å². The molecule has 0 unspecified atom stereocenters. The molecule has 0 bridgehead atoms.